The number of sulfonamides is 2. The molecule has 0 amide bonds. The minimum Gasteiger partial charge on any atom is -0.257 e. The maximum Gasteiger partial charge on any atom is 0.230 e. The molecule has 8 nitrogen and oxygen atoms in total. The van der Waals surface area contributed by atoms with E-state index < -0.39 is 26.8 Å². The second kappa shape index (κ2) is 4.83. The molecule has 10 heteroatoms. The van der Waals surface area contributed by atoms with Crippen LogP contribution in [-0.4, -0.2) is 36.1 Å². The van der Waals surface area contributed by atoms with Crippen molar-refractivity contribution in [2.75, 3.05) is 19.3 Å². The van der Waals surface area contributed by atoms with E-state index >= 15 is 0 Å². The molecule has 0 aliphatic carbocycles. The van der Waals surface area contributed by atoms with Crippen LogP contribution in [0.15, 0.2) is 0 Å². The lowest BCUT2D eigenvalue weighted by Gasteiger charge is -2.03. The van der Waals surface area contributed by atoms with Crippen molar-refractivity contribution in [3.63, 3.8) is 0 Å². The van der Waals surface area contributed by atoms with Crippen LogP contribution in [0.2, 0.25) is 0 Å². The Morgan fingerprint density at radius 3 is 1.46 bits per heavy atom. The van der Waals surface area contributed by atoms with Gasteiger partial charge in [-0.1, -0.05) is 9.77 Å². The molecule has 80 valence electrons. The summed E-state index contributed by atoms with van der Waals surface area (Å²) in [5, 5.41) is 0. The molecule has 0 saturated carbocycles. The Morgan fingerprint density at radius 1 is 0.923 bits per heavy atom. The van der Waals surface area contributed by atoms with E-state index in [-0.39, 0.29) is 0 Å². The summed E-state index contributed by atoms with van der Waals surface area (Å²) in [7, 11) is -6.94. The summed E-state index contributed by atoms with van der Waals surface area (Å²) in [6.45, 7) is -0.569. The number of rotatable bonds is 6. The number of hydrogen-bond donors (Lipinski definition) is 2. The van der Waals surface area contributed by atoms with E-state index in [1.54, 1.807) is 9.77 Å². The van der Waals surface area contributed by atoms with Crippen molar-refractivity contribution < 1.29 is 26.5 Å². The van der Waals surface area contributed by atoms with E-state index in [0.29, 0.717) is 0 Å². The predicted molar refractivity (Wildman–Crippen MR) is 43.0 cm³/mol. The fourth-order valence-electron chi connectivity index (χ4n) is 0.292. The summed E-state index contributed by atoms with van der Waals surface area (Å²) in [6.07, 6.45) is 1.74. The second-order valence-electron chi connectivity index (χ2n) is 2.12. The predicted octanol–water partition coefficient (Wildman–Crippen LogP) is -2.09. The Labute approximate surface area is 76.2 Å². The normalized spacial score (nSPS) is 13.1. The molecule has 0 rings (SSSR count). The van der Waals surface area contributed by atoms with E-state index in [0.717, 1.165) is 12.5 Å². The monoisotopic (exact) mass is 234 g/mol. The van der Waals surface area contributed by atoms with Crippen molar-refractivity contribution >= 4 is 20.0 Å². The first-order chi connectivity index (χ1) is 5.71. The molecule has 0 aromatic heterocycles. The third-order valence-electron chi connectivity index (χ3n) is 0.538. The molecule has 0 aromatic carbocycles. The zero-order valence-electron chi connectivity index (χ0n) is 6.97. The maximum atomic E-state index is 10.4. The van der Waals surface area contributed by atoms with Crippen LogP contribution in [0.5, 0.6) is 0 Å². The molecule has 0 aliphatic rings. The largest absolute Gasteiger partial charge is 0.257 e. The van der Waals surface area contributed by atoms with Gasteiger partial charge in [0.25, 0.3) is 0 Å². The minimum absolute atomic E-state index is 0.569. The van der Waals surface area contributed by atoms with Crippen LogP contribution in [-0.2, 0) is 29.7 Å². The first kappa shape index (κ1) is 12.7. The average Bonchev–Trinajstić information content (AvgIpc) is 1.81. The lowest BCUT2D eigenvalue weighted by atomic mass is 11.5. The molecule has 0 atom stereocenters. The van der Waals surface area contributed by atoms with Crippen LogP contribution in [0, 0.1) is 0 Å². The van der Waals surface area contributed by atoms with Crippen molar-refractivity contribution in [2.24, 2.45) is 0 Å². The first-order valence-corrected chi connectivity index (χ1v) is 6.66. The van der Waals surface area contributed by atoms with E-state index in [1.807, 2.05) is 0 Å². The molecule has 2 N–H and O–H groups in total. The Bertz CT molecular complexity index is 297. The number of hydrogen-bond acceptors (Lipinski definition) is 6. The lowest BCUT2D eigenvalue weighted by Crippen LogP contribution is -2.28. The van der Waals surface area contributed by atoms with E-state index in [1.165, 1.54) is 0 Å². The summed E-state index contributed by atoms with van der Waals surface area (Å²) in [6, 6.07) is 0. The Balaban J connectivity index is 3.50. The molecule has 0 radical (unpaired) electrons. The zero-order valence-corrected chi connectivity index (χ0v) is 8.61. The molecular weight excluding hydrogens is 224 g/mol. The molecular formula is C3H10N2O6S2. The standard InChI is InChI=1S/C3H10N2O6S2/c1-12(6,7)4-10-3-11-5-13(2,8)9/h4-5H,3H2,1-2H3. The fourth-order valence-corrected chi connectivity index (χ4v) is 0.816. The van der Waals surface area contributed by atoms with Gasteiger partial charge in [0.2, 0.25) is 20.0 Å². The summed E-state index contributed by atoms with van der Waals surface area (Å²) in [5.74, 6) is 0. The molecule has 0 bridgehead atoms. The second-order valence-corrected chi connectivity index (χ2v) is 5.54. The quantitative estimate of drug-likeness (QED) is 0.309. The Morgan fingerprint density at radius 2 is 1.23 bits per heavy atom. The summed E-state index contributed by atoms with van der Waals surface area (Å²) in [4.78, 5) is 11.7. The van der Waals surface area contributed by atoms with Crippen LogP contribution in [0.4, 0.5) is 0 Å². The van der Waals surface area contributed by atoms with Gasteiger partial charge >= 0.3 is 0 Å². The highest BCUT2D eigenvalue weighted by Gasteiger charge is 2.01. The van der Waals surface area contributed by atoms with Crippen molar-refractivity contribution in [3.05, 3.63) is 0 Å². The highest BCUT2D eigenvalue weighted by atomic mass is 32.2. The van der Waals surface area contributed by atoms with Gasteiger partial charge in [-0.3, -0.25) is 9.68 Å². The summed E-state index contributed by atoms with van der Waals surface area (Å²) in [5.41, 5.74) is 0. The molecule has 0 fully saturated rings. The highest BCUT2D eigenvalue weighted by Crippen LogP contribution is 1.78. The van der Waals surface area contributed by atoms with Gasteiger partial charge < -0.3 is 0 Å². The summed E-state index contributed by atoms with van der Waals surface area (Å²) >= 11 is 0. The topological polar surface area (TPSA) is 111 Å². The third-order valence-corrected chi connectivity index (χ3v) is 1.38. The van der Waals surface area contributed by atoms with E-state index in [2.05, 4.69) is 9.68 Å². The van der Waals surface area contributed by atoms with E-state index in [9.17, 15) is 16.8 Å². The third kappa shape index (κ3) is 11.7. The van der Waals surface area contributed by atoms with Crippen molar-refractivity contribution in [3.8, 4) is 0 Å². The molecule has 13 heavy (non-hydrogen) atoms. The molecule has 0 heterocycles. The first-order valence-electron chi connectivity index (χ1n) is 2.88. The van der Waals surface area contributed by atoms with Crippen molar-refractivity contribution in [2.45, 2.75) is 0 Å². The van der Waals surface area contributed by atoms with Gasteiger partial charge in [-0.15, -0.1) is 0 Å². The van der Waals surface area contributed by atoms with Crippen molar-refractivity contribution in [1.29, 1.82) is 0 Å². The molecule has 0 saturated heterocycles. The number of nitrogens with one attached hydrogen (secondary N) is 2. The SMILES string of the molecule is CS(=O)(=O)NOCONS(C)(=O)=O. The van der Waals surface area contributed by atoms with Gasteiger partial charge in [0, 0.05) is 0 Å². The smallest absolute Gasteiger partial charge is 0.230 e. The molecule has 0 aliphatic heterocycles. The van der Waals surface area contributed by atoms with Crippen LogP contribution in [0.1, 0.15) is 0 Å². The molecule has 0 unspecified atom stereocenters. The van der Waals surface area contributed by atoms with Crippen LogP contribution in [0.25, 0.3) is 0 Å². The van der Waals surface area contributed by atoms with Gasteiger partial charge in [-0.2, -0.15) is 0 Å². The summed E-state index contributed by atoms with van der Waals surface area (Å²) < 4.78 is 41.4. The minimum atomic E-state index is -3.47. The molecule has 0 spiro atoms. The highest BCUT2D eigenvalue weighted by molar-refractivity contribution is 7.88. The lowest BCUT2D eigenvalue weighted by molar-refractivity contribution is -0.0932. The zero-order chi connectivity index (χ0) is 10.5. The molecule has 0 aromatic rings. The van der Waals surface area contributed by atoms with Gasteiger partial charge in [0.05, 0.1) is 12.5 Å². The van der Waals surface area contributed by atoms with Gasteiger partial charge in [-0.05, 0) is 0 Å². The van der Waals surface area contributed by atoms with E-state index in [4.69, 9.17) is 0 Å². The van der Waals surface area contributed by atoms with Crippen molar-refractivity contribution in [1.82, 2.24) is 9.77 Å². The Kier molecular flexibility index (Phi) is 4.74. The van der Waals surface area contributed by atoms with Crippen LogP contribution < -0.4 is 9.77 Å². The van der Waals surface area contributed by atoms with Crippen LogP contribution in [0.3, 0.4) is 0 Å². The maximum absolute atomic E-state index is 10.4. The van der Waals surface area contributed by atoms with Crippen LogP contribution >= 0.6 is 0 Å². The Hall–Kier alpha value is -0.260. The average molecular weight is 234 g/mol. The van der Waals surface area contributed by atoms with Gasteiger partial charge in [-0.25, -0.2) is 16.8 Å². The van der Waals surface area contributed by atoms with Gasteiger partial charge in [0.15, 0.2) is 6.79 Å². The van der Waals surface area contributed by atoms with Gasteiger partial charge in [0.1, 0.15) is 0 Å². The fraction of sp³-hybridized carbons (Fsp3) is 1.00.